The van der Waals surface area contributed by atoms with Gasteiger partial charge in [-0.15, -0.1) is 0 Å². The van der Waals surface area contributed by atoms with Crippen LogP contribution in [0.3, 0.4) is 0 Å². The van der Waals surface area contributed by atoms with E-state index in [4.69, 9.17) is 0 Å². The zero-order chi connectivity index (χ0) is 11.7. The summed E-state index contributed by atoms with van der Waals surface area (Å²) >= 11 is 0. The minimum atomic E-state index is -0.104. The summed E-state index contributed by atoms with van der Waals surface area (Å²) in [5.74, 6) is 0.896. The first kappa shape index (κ1) is 10.7. The zero-order valence-corrected chi connectivity index (χ0v) is 9.66. The number of pyridine rings is 1. The zero-order valence-electron chi connectivity index (χ0n) is 9.66. The van der Waals surface area contributed by atoms with Crippen molar-refractivity contribution in [1.82, 2.24) is 9.97 Å². The molecule has 0 atom stereocenters. The number of H-pyrrole nitrogens is 1. The number of hydrogen-bond donors (Lipinski definition) is 2. The van der Waals surface area contributed by atoms with E-state index in [1.54, 1.807) is 0 Å². The molecule has 0 radical (unpaired) electrons. The summed E-state index contributed by atoms with van der Waals surface area (Å²) in [5.41, 5.74) is 2.00. The third-order valence-corrected chi connectivity index (χ3v) is 2.49. The number of aromatic amines is 1. The van der Waals surface area contributed by atoms with Crippen molar-refractivity contribution in [2.75, 3.05) is 5.32 Å². The quantitative estimate of drug-likeness (QED) is 0.812. The predicted octanol–water partition coefficient (Wildman–Crippen LogP) is 2.64. The number of carbonyl (C=O) groups excluding carboxylic acids is 1. The first-order valence-corrected chi connectivity index (χ1v) is 5.33. The Morgan fingerprint density at radius 3 is 2.88 bits per heavy atom. The number of anilines is 1. The van der Waals surface area contributed by atoms with Crippen LogP contribution < -0.4 is 5.32 Å². The number of rotatable bonds is 2. The standard InChI is InChI=1S/C12H15N3O/c1-7(2)10-6-11(14-8(3)16)15-12-9(10)4-5-13-12/h4-7H,1-3H3,(H2,13,14,15,16). The van der Waals surface area contributed by atoms with Gasteiger partial charge in [0.2, 0.25) is 5.91 Å². The fraction of sp³-hybridized carbons (Fsp3) is 0.333. The summed E-state index contributed by atoms with van der Waals surface area (Å²) in [5, 5.41) is 3.83. The first-order valence-electron chi connectivity index (χ1n) is 5.33. The van der Waals surface area contributed by atoms with Crippen LogP contribution in [0.25, 0.3) is 11.0 Å². The summed E-state index contributed by atoms with van der Waals surface area (Å²) in [4.78, 5) is 18.4. The molecule has 4 nitrogen and oxygen atoms in total. The molecule has 0 saturated carbocycles. The lowest BCUT2D eigenvalue weighted by Crippen LogP contribution is -2.08. The van der Waals surface area contributed by atoms with E-state index in [1.807, 2.05) is 18.3 Å². The van der Waals surface area contributed by atoms with E-state index in [2.05, 4.69) is 29.1 Å². The van der Waals surface area contributed by atoms with Crippen LogP contribution in [0, 0.1) is 0 Å². The van der Waals surface area contributed by atoms with Crippen molar-refractivity contribution in [2.45, 2.75) is 26.7 Å². The second kappa shape index (κ2) is 3.96. The molecule has 2 aromatic heterocycles. The Bertz CT molecular complexity index is 528. The van der Waals surface area contributed by atoms with Crippen LogP contribution in [0.15, 0.2) is 18.3 Å². The lowest BCUT2D eigenvalue weighted by atomic mass is 10.0. The number of hydrogen-bond acceptors (Lipinski definition) is 2. The highest BCUT2D eigenvalue weighted by atomic mass is 16.1. The molecule has 0 unspecified atom stereocenters. The molecule has 1 amide bonds. The average molecular weight is 217 g/mol. The number of nitrogens with zero attached hydrogens (tertiary/aromatic N) is 1. The number of fused-ring (bicyclic) bond motifs is 1. The van der Waals surface area contributed by atoms with Crippen LogP contribution >= 0.6 is 0 Å². The predicted molar refractivity (Wildman–Crippen MR) is 64.5 cm³/mol. The topological polar surface area (TPSA) is 57.8 Å². The molecule has 2 N–H and O–H groups in total. The average Bonchev–Trinajstić information content (AvgIpc) is 2.62. The molecule has 4 heteroatoms. The van der Waals surface area contributed by atoms with Gasteiger partial charge >= 0.3 is 0 Å². The van der Waals surface area contributed by atoms with Crippen LogP contribution in [0.5, 0.6) is 0 Å². The Hall–Kier alpha value is -1.84. The third kappa shape index (κ3) is 1.91. The van der Waals surface area contributed by atoms with E-state index in [1.165, 1.54) is 12.5 Å². The van der Waals surface area contributed by atoms with Crippen LogP contribution in [0.2, 0.25) is 0 Å². The number of nitrogens with one attached hydrogen (secondary N) is 2. The fourth-order valence-electron chi connectivity index (χ4n) is 1.79. The van der Waals surface area contributed by atoms with E-state index < -0.39 is 0 Å². The first-order chi connectivity index (χ1) is 7.58. The molecule has 0 aliphatic rings. The highest BCUT2D eigenvalue weighted by Gasteiger charge is 2.10. The van der Waals surface area contributed by atoms with Gasteiger partial charge in [-0.2, -0.15) is 0 Å². The van der Waals surface area contributed by atoms with Gasteiger partial charge in [-0.1, -0.05) is 13.8 Å². The number of carbonyl (C=O) groups is 1. The summed E-state index contributed by atoms with van der Waals surface area (Å²) < 4.78 is 0. The molecule has 16 heavy (non-hydrogen) atoms. The van der Waals surface area contributed by atoms with Crippen molar-refractivity contribution in [3.05, 3.63) is 23.9 Å². The molecule has 2 heterocycles. The summed E-state index contributed by atoms with van der Waals surface area (Å²) in [6, 6.07) is 3.94. The molecule has 0 bridgehead atoms. The van der Waals surface area contributed by atoms with Gasteiger partial charge in [-0.25, -0.2) is 4.98 Å². The SMILES string of the molecule is CC(=O)Nc1cc(C(C)C)c2cc[nH]c2n1. The lowest BCUT2D eigenvalue weighted by Gasteiger charge is -2.09. The van der Waals surface area contributed by atoms with E-state index in [0.29, 0.717) is 11.7 Å². The number of aromatic nitrogens is 2. The molecule has 0 aromatic carbocycles. The lowest BCUT2D eigenvalue weighted by molar-refractivity contribution is -0.114. The second-order valence-electron chi connectivity index (χ2n) is 4.17. The van der Waals surface area contributed by atoms with E-state index in [0.717, 1.165) is 11.0 Å². The van der Waals surface area contributed by atoms with Gasteiger partial charge in [0.15, 0.2) is 0 Å². The molecule has 0 saturated heterocycles. The van der Waals surface area contributed by atoms with Gasteiger partial charge < -0.3 is 10.3 Å². The fourth-order valence-corrected chi connectivity index (χ4v) is 1.79. The maximum Gasteiger partial charge on any atom is 0.222 e. The largest absolute Gasteiger partial charge is 0.346 e. The van der Waals surface area contributed by atoms with Crippen molar-refractivity contribution in [3.8, 4) is 0 Å². The Morgan fingerprint density at radius 2 is 2.25 bits per heavy atom. The normalized spacial score (nSPS) is 11.0. The monoisotopic (exact) mass is 217 g/mol. The van der Waals surface area contributed by atoms with E-state index >= 15 is 0 Å². The van der Waals surface area contributed by atoms with Crippen LogP contribution in [-0.2, 0) is 4.79 Å². The van der Waals surface area contributed by atoms with Gasteiger partial charge in [0.25, 0.3) is 0 Å². The molecular weight excluding hydrogens is 202 g/mol. The van der Waals surface area contributed by atoms with Crippen LogP contribution in [-0.4, -0.2) is 15.9 Å². The van der Waals surface area contributed by atoms with Crippen molar-refractivity contribution >= 4 is 22.8 Å². The van der Waals surface area contributed by atoms with E-state index in [-0.39, 0.29) is 5.91 Å². The smallest absolute Gasteiger partial charge is 0.222 e. The van der Waals surface area contributed by atoms with Crippen molar-refractivity contribution in [3.63, 3.8) is 0 Å². The molecule has 84 valence electrons. The maximum absolute atomic E-state index is 11.0. The minimum absolute atomic E-state index is 0.104. The highest BCUT2D eigenvalue weighted by molar-refractivity contribution is 5.90. The van der Waals surface area contributed by atoms with Crippen LogP contribution in [0.4, 0.5) is 5.82 Å². The Morgan fingerprint density at radius 1 is 1.50 bits per heavy atom. The molecule has 0 aliphatic carbocycles. The minimum Gasteiger partial charge on any atom is -0.346 e. The van der Waals surface area contributed by atoms with Crippen molar-refractivity contribution in [2.24, 2.45) is 0 Å². The van der Waals surface area contributed by atoms with Gasteiger partial charge in [0.05, 0.1) is 0 Å². The van der Waals surface area contributed by atoms with Crippen LogP contribution in [0.1, 0.15) is 32.3 Å². The molecule has 0 spiro atoms. The Labute approximate surface area is 94.1 Å². The highest BCUT2D eigenvalue weighted by Crippen LogP contribution is 2.26. The third-order valence-electron chi connectivity index (χ3n) is 2.49. The summed E-state index contributed by atoms with van der Waals surface area (Å²) in [6.07, 6.45) is 1.86. The Kier molecular flexibility index (Phi) is 2.64. The van der Waals surface area contributed by atoms with Crippen molar-refractivity contribution < 1.29 is 4.79 Å². The van der Waals surface area contributed by atoms with Gasteiger partial charge in [0.1, 0.15) is 11.5 Å². The second-order valence-corrected chi connectivity index (χ2v) is 4.17. The molecule has 2 aromatic rings. The van der Waals surface area contributed by atoms with E-state index in [9.17, 15) is 4.79 Å². The Balaban J connectivity index is 2.57. The number of amides is 1. The van der Waals surface area contributed by atoms with Gasteiger partial charge in [-0.3, -0.25) is 4.79 Å². The van der Waals surface area contributed by atoms with Gasteiger partial charge in [0, 0.05) is 18.5 Å². The van der Waals surface area contributed by atoms with Crippen molar-refractivity contribution in [1.29, 1.82) is 0 Å². The van der Waals surface area contributed by atoms with Gasteiger partial charge in [-0.05, 0) is 23.6 Å². The molecule has 0 fully saturated rings. The maximum atomic E-state index is 11.0. The molecule has 2 rings (SSSR count). The molecule has 0 aliphatic heterocycles. The summed E-state index contributed by atoms with van der Waals surface area (Å²) in [7, 11) is 0. The summed E-state index contributed by atoms with van der Waals surface area (Å²) in [6.45, 7) is 5.73. The molecular formula is C12H15N3O.